The molecule has 0 radical (unpaired) electrons. The Balaban J connectivity index is 1.55. The first-order valence-corrected chi connectivity index (χ1v) is 9.18. The molecule has 0 saturated heterocycles. The molecule has 132 valence electrons. The van der Waals surface area contributed by atoms with Gasteiger partial charge < -0.3 is 9.73 Å². The summed E-state index contributed by atoms with van der Waals surface area (Å²) in [5, 5.41) is 10.9. The highest BCUT2D eigenvalue weighted by molar-refractivity contribution is 8.00. The Morgan fingerprint density at radius 1 is 1.12 bits per heavy atom. The maximum Gasteiger partial charge on any atom is 0.277 e. The summed E-state index contributed by atoms with van der Waals surface area (Å²) in [6, 6.07) is 15.6. The van der Waals surface area contributed by atoms with Crippen molar-refractivity contribution in [2.75, 3.05) is 0 Å². The van der Waals surface area contributed by atoms with Crippen molar-refractivity contribution in [1.29, 1.82) is 0 Å². The van der Waals surface area contributed by atoms with E-state index in [1.807, 2.05) is 30.3 Å². The number of nitrogens with one attached hydrogen (secondary N) is 1. The van der Waals surface area contributed by atoms with Gasteiger partial charge >= 0.3 is 0 Å². The van der Waals surface area contributed by atoms with E-state index in [0.717, 1.165) is 18.4 Å². The van der Waals surface area contributed by atoms with Crippen molar-refractivity contribution in [3.63, 3.8) is 0 Å². The third kappa shape index (κ3) is 3.94. The molecule has 1 amide bonds. The van der Waals surface area contributed by atoms with Gasteiger partial charge in [0.15, 0.2) is 0 Å². The number of halogens is 1. The van der Waals surface area contributed by atoms with Gasteiger partial charge in [-0.25, -0.2) is 4.39 Å². The molecule has 26 heavy (non-hydrogen) atoms. The molecule has 1 aromatic heterocycles. The second-order valence-electron chi connectivity index (χ2n) is 6.07. The van der Waals surface area contributed by atoms with Crippen LogP contribution in [-0.2, 0) is 4.79 Å². The van der Waals surface area contributed by atoms with Crippen LogP contribution in [0.3, 0.4) is 0 Å². The minimum absolute atomic E-state index is 0.0646. The summed E-state index contributed by atoms with van der Waals surface area (Å²) >= 11 is 1.21. The predicted octanol–water partition coefficient (Wildman–Crippen LogP) is 3.99. The topological polar surface area (TPSA) is 68.0 Å². The molecule has 2 aromatic carbocycles. The summed E-state index contributed by atoms with van der Waals surface area (Å²) in [6.07, 6.45) is 2.04. The van der Waals surface area contributed by atoms with Crippen molar-refractivity contribution < 1.29 is 13.6 Å². The van der Waals surface area contributed by atoms with Crippen molar-refractivity contribution in [3.05, 3.63) is 66.0 Å². The Hall–Kier alpha value is -2.67. The molecule has 0 unspecified atom stereocenters. The first-order valence-electron chi connectivity index (χ1n) is 8.30. The maximum absolute atomic E-state index is 13.1. The van der Waals surface area contributed by atoms with Crippen molar-refractivity contribution in [1.82, 2.24) is 15.5 Å². The van der Waals surface area contributed by atoms with Crippen molar-refractivity contribution in [2.45, 2.75) is 29.4 Å². The van der Waals surface area contributed by atoms with E-state index in [9.17, 15) is 9.18 Å². The lowest BCUT2D eigenvalue weighted by atomic mass is 10.1. The van der Waals surface area contributed by atoms with Gasteiger partial charge in [-0.05, 0) is 54.4 Å². The van der Waals surface area contributed by atoms with E-state index in [0.29, 0.717) is 16.7 Å². The molecule has 0 aliphatic heterocycles. The maximum atomic E-state index is 13.1. The van der Waals surface area contributed by atoms with Crippen LogP contribution in [0.15, 0.2) is 64.2 Å². The molecule has 1 atom stereocenters. The van der Waals surface area contributed by atoms with Gasteiger partial charge in [0, 0.05) is 11.6 Å². The Kier molecular flexibility index (Phi) is 4.71. The molecule has 5 nitrogen and oxygen atoms in total. The summed E-state index contributed by atoms with van der Waals surface area (Å²) in [7, 11) is 0. The monoisotopic (exact) mass is 369 g/mol. The standard InChI is InChI=1S/C19H16FN3O2S/c20-14-8-6-13(7-9-14)18-22-23-19(25-18)26-16(12-4-2-1-3-5-12)17(24)21-15-10-11-15/h1-9,15-16H,10-11H2,(H,21,24)/t16-/m1/s1. The summed E-state index contributed by atoms with van der Waals surface area (Å²) in [5.74, 6) is -0.101. The van der Waals surface area contributed by atoms with E-state index in [1.54, 1.807) is 12.1 Å². The lowest BCUT2D eigenvalue weighted by Gasteiger charge is -2.14. The van der Waals surface area contributed by atoms with Gasteiger partial charge in [-0.3, -0.25) is 4.79 Å². The van der Waals surface area contributed by atoms with Gasteiger partial charge in [0.25, 0.3) is 5.22 Å². The number of nitrogens with zero attached hydrogens (tertiary/aromatic N) is 2. The summed E-state index contributed by atoms with van der Waals surface area (Å²) in [6.45, 7) is 0. The number of thioether (sulfide) groups is 1. The summed E-state index contributed by atoms with van der Waals surface area (Å²) in [5.41, 5.74) is 1.50. The quantitative estimate of drug-likeness (QED) is 0.666. The second-order valence-corrected chi connectivity index (χ2v) is 7.13. The third-order valence-electron chi connectivity index (χ3n) is 3.98. The fourth-order valence-electron chi connectivity index (χ4n) is 2.47. The molecule has 1 fully saturated rings. The lowest BCUT2D eigenvalue weighted by Crippen LogP contribution is -2.29. The van der Waals surface area contributed by atoms with Crippen LogP contribution in [0.5, 0.6) is 0 Å². The van der Waals surface area contributed by atoms with Crippen molar-refractivity contribution in [2.24, 2.45) is 0 Å². The van der Waals surface area contributed by atoms with Crippen molar-refractivity contribution in [3.8, 4) is 11.5 Å². The summed E-state index contributed by atoms with van der Waals surface area (Å²) in [4.78, 5) is 12.6. The molecule has 1 saturated carbocycles. The molecular formula is C19H16FN3O2S. The highest BCUT2D eigenvalue weighted by Gasteiger charge is 2.30. The number of hydrogen-bond donors (Lipinski definition) is 1. The molecule has 1 N–H and O–H groups in total. The predicted molar refractivity (Wildman–Crippen MR) is 95.9 cm³/mol. The Morgan fingerprint density at radius 3 is 2.54 bits per heavy atom. The minimum atomic E-state index is -0.474. The van der Waals surface area contributed by atoms with Crippen LogP contribution in [-0.4, -0.2) is 22.1 Å². The highest BCUT2D eigenvalue weighted by atomic mass is 32.2. The Morgan fingerprint density at radius 2 is 1.85 bits per heavy atom. The zero-order valence-corrected chi connectivity index (χ0v) is 14.6. The van der Waals surface area contributed by atoms with E-state index in [4.69, 9.17) is 4.42 Å². The second kappa shape index (κ2) is 7.29. The number of carbonyl (C=O) groups is 1. The molecule has 3 aromatic rings. The largest absolute Gasteiger partial charge is 0.411 e. The number of aromatic nitrogens is 2. The Labute approximate surface area is 154 Å². The van der Waals surface area contributed by atoms with E-state index < -0.39 is 5.25 Å². The molecule has 0 bridgehead atoms. The van der Waals surface area contributed by atoms with Crippen LogP contribution in [0.1, 0.15) is 23.7 Å². The number of hydrogen-bond acceptors (Lipinski definition) is 5. The van der Waals surface area contributed by atoms with E-state index in [2.05, 4.69) is 15.5 Å². The number of benzene rings is 2. The molecule has 1 aliphatic carbocycles. The number of carbonyl (C=O) groups excluding carboxylic acids is 1. The van der Waals surface area contributed by atoms with Crippen molar-refractivity contribution >= 4 is 17.7 Å². The van der Waals surface area contributed by atoms with Crippen LogP contribution in [0.25, 0.3) is 11.5 Å². The molecular weight excluding hydrogens is 353 g/mol. The van der Waals surface area contributed by atoms with Crippen LogP contribution < -0.4 is 5.32 Å². The van der Waals surface area contributed by atoms with Crippen LogP contribution in [0, 0.1) is 5.82 Å². The molecule has 7 heteroatoms. The molecule has 1 heterocycles. The highest BCUT2D eigenvalue weighted by Crippen LogP contribution is 2.36. The first kappa shape index (κ1) is 16.8. The zero-order chi connectivity index (χ0) is 17.9. The number of amides is 1. The molecule has 1 aliphatic rings. The van der Waals surface area contributed by atoms with Gasteiger partial charge in [-0.2, -0.15) is 0 Å². The van der Waals surface area contributed by atoms with Gasteiger partial charge in [-0.15, -0.1) is 10.2 Å². The van der Waals surface area contributed by atoms with Crippen LogP contribution in [0.2, 0.25) is 0 Å². The Bertz CT molecular complexity index is 895. The van der Waals surface area contributed by atoms with Gasteiger partial charge in [-0.1, -0.05) is 30.3 Å². The summed E-state index contributed by atoms with van der Waals surface area (Å²) < 4.78 is 18.7. The normalized spacial score (nSPS) is 14.8. The fourth-order valence-corrected chi connectivity index (χ4v) is 3.36. The van der Waals surface area contributed by atoms with E-state index in [-0.39, 0.29) is 17.8 Å². The molecule has 0 spiro atoms. The van der Waals surface area contributed by atoms with Gasteiger partial charge in [0.1, 0.15) is 11.1 Å². The smallest absolute Gasteiger partial charge is 0.277 e. The van der Waals surface area contributed by atoms with Gasteiger partial charge in [0.05, 0.1) is 0 Å². The molecule has 4 rings (SSSR count). The first-order chi connectivity index (χ1) is 12.7. The average molecular weight is 369 g/mol. The third-order valence-corrected chi connectivity index (χ3v) is 5.07. The van der Waals surface area contributed by atoms with E-state index in [1.165, 1.54) is 23.9 Å². The average Bonchev–Trinajstić information content (AvgIpc) is 3.35. The van der Waals surface area contributed by atoms with E-state index >= 15 is 0 Å². The van der Waals surface area contributed by atoms with Crippen LogP contribution in [0.4, 0.5) is 4.39 Å². The fraction of sp³-hybridized carbons (Fsp3) is 0.211. The SMILES string of the molecule is O=C(NC1CC1)[C@H](Sc1nnc(-c2ccc(F)cc2)o1)c1ccccc1. The number of rotatable bonds is 6. The van der Waals surface area contributed by atoms with Crippen LogP contribution >= 0.6 is 11.8 Å². The lowest BCUT2D eigenvalue weighted by molar-refractivity contribution is -0.120. The minimum Gasteiger partial charge on any atom is -0.411 e. The van der Waals surface area contributed by atoms with Gasteiger partial charge in [0.2, 0.25) is 11.8 Å². The zero-order valence-electron chi connectivity index (χ0n) is 13.8.